The van der Waals surface area contributed by atoms with Gasteiger partial charge in [0.15, 0.2) is 5.78 Å². The van der Waals surface area contributed by atoms with Crippen molar-refractivity contribution in [3.05, 3.63) is 0 Å². The first-order chi connectivity index (χ1) is 4.09. The molecule has 9 heavy (non-hydrogen) atoms. The van der Waals surface area contributed by atoms with E-state index < -0.39 is 17.7 Å². The molecule has 0 amide bonds. The third-order valence-electron chi connectivity index (χ3n) is 1.04. The Morgan fingerprint density at radius 3 is 2.11 bits per heavy atom. The molecule has 0 saturated carbocycles. The average Bonchev–Trinajstić information content (AvgIpc) is 1.84. The maximum Gasteiger partial charge on any atom is 0.226 e. The second kappa shape index (κ2) is 3.35. The highest BCUT2D eigenvalue weighted by molar-refractivity contribution is 6.37. The van der Waals surface area contributed by atoms with Gasteiger partial charge in [-0.05, 0) is 6.42 Å². The molecule has 0 aliphatic heterocycles. The minimum Gasteiger partial charge on any atom is -0.385 e. The van der Waals surface area contributed by atoms with E-state index in [-0.39, 0.29) is 0 Å². The van der Waals surface area contributed by atoms with Crippen LogP contribution in [0.1, 0.15) is 20.3 Å². The topological polar surface area (TPSA) is 54.4 Å². The molecule has 3 heteroatoms. The molecule has 0 aliphatic carbocycles. The molecule has 1 N–H and O–H groups in total. The number of aliphatic hydroxyl groups is 1. The Kier molecular flexibility index (Phi) is 3.09. The Balaban J connectivity index is 3.88. The van der Waals surface area contributed by atoms with Crippen LogP contribution in [0.3, 0.4) is 0 Å². The quantitative estimate of drug-likeness (QED) is 0.543. The van der Waals surface area contributed by atoms with Crippen LogP contribution in [0.4, 0.5) is 0 Å². The third-order valence-corrected chi connectivity index (χ3v) is 1.04. The van der Waals surface area contributed by atoms with Gasteiger partial charge < -0.3 is 5.11 Å². The Hall–Kier alpha value is -0.700. The van der Waals surface area contributed by atoms with E-state index in [4.69, 9.17) is 5.11 Å². The van der Waals surface area contributed by atoms with Gasteiger partial charge in [0, 0.05) is 6.92 Å². The number of hydrogen-bond donors (Lipinski definition) is 1. The highest BCUT2D eigenvalue weighted by Gasteiger charge is 2.16. The molecule has 0 bridgehead atoms. The fourth-order valence-corrected chi connectivity index (χ4v) is 0.420. The number of rotatable bonds is 3. The molecule has 0 rings (SSSR count). The van der Waals surface area contributed by atoms with Crippen LogP contribution in [0.2, 0.25) is 0 Å². The van der Waals surface area contributed by atoms with E-state index in [1.807, 2.05) is 0 Å². The summed E-state index contributed by atoms with van der Waals surface area (Å²) in [6, 6.07) is 0. The van der Waals surface area contributed by atoms with Gasteiger partial charge in [0.05, 0.1) is 0 Å². The number of aliphatic hydroxyl groups excluding tert-OH is 1. The van der Waals surface area contributed by atoms with Gasteiger partial charge in [-0.3, -0.25) is 9.59 Å². The fraction of sp³-hybridized carbons (Fsp3) is 0.667. The Bertz CT molecular complexity index is 128. The van der Waals surface area contributed by atoms with Crippen molar-refractivity contribution in [3.8, 4) is 0 Å². The monoisotopic (exact) mass is 130 g/mol. The van der Waals surface area contributed by atoms with Crippen molar-refractivity contribution in [2.24, 2.45) is 0 Å². The number of hydrogen-bond acceptors (Lipinski definition) is 3. The number of Topliss-reactive ketones (excluding diaryl/α,β-unsaturated/α-hetero) is 2. The summed E-state index contributed by atoms with van der Waals surface area (Å²) in [6.07, 6.45) is -0.791. The lowest BCUT2D eigenvalue weighted by molar-refractivity contribution is -0.140. The first-order valence-corrected chi connectivity index (χ1v) is 2.82. The zero-order chi connectivity index (χ0) is 7.44. The van der Waals surface area contributed by atoms with Gasteiger partial charge in [-0.25, -0.2) is 0 Å². The van der Waals surface area contributed by atoms with E-state index in [2.05, 4.69) is 0 Å². The SMILES string of the molecule is CCC(O)C(=O)C(C)=O. The molecule has 1 atom stereocenters. The number of carbonyl (C=O) groups excluding carboxylic acids is 2. The van der Waals surface area contributed by atoms with E-state index in [1.165, 1.54) is 0 Å². The van der Waals surface area contributed by atoms with Crippen molar-refractivity contribution in [1.29, 1.82) is 0 Å². The van der Waals surface area contributed by atoms with E-state index in [0.29, 0.717) is 6.42 Å². The third kappa shape index (κ3) is 2.37. The lowest BCUT2D eigenvalue weighted by Gasteiger charge is -2.00. The summed E-state index contributed by atoms with van der Waals surface area (Å²) in [7, 11) is 0. The number of carbonyl (C=O) groups is 2. The van der Waals surface area contributed by atoms with Crippen LogP contribution < -0.4 is 0 Å². The summed E-state index contributed by atoms with van der Waals surface area (Å²) >= 11 is 0. The van der Waals surface area contributed by atoms with Crippen molar-refractivity contribution in [2.45, 2.75) is 26.4 Å². The molecule has 1 unspecified atom stereocenters. The fourth-order valence-electron chi connectivity index (χ4n) is 0.420. The number of ketones is 2. The van der Waals surface area contributed by atoms with E-state index in [0.717, 1.165) is 6.92 Å². The molecule has 0 spiro atoms. The summed E-state index contributed by atoms with van der Waals surface area (Å²) in [5, 5.41) is 8.73. The van der Waals surface area contributed by atoms with Crippen molar-refractivity contribution < 1.29 is 14.7 Å². The zero-order valence-electron chi connectivity index (χ0n) is 5.55. The Morgan fingerprint density at radius 1 is 1.56 bits per heavy atom. The second-order valence-electron chi connectivity index (χ2n) is 1.84. The summed E-state index contributed by atoms with van der Waals surface area (Å²) < 4.78 is 0. The van der Waals surface area contributed by atoms with E-state index in [1.54, 1.807) is 6.92 Å². The minimum absolute atomic E-state index is 0.304. The zero-order valence-corrected chi connectivity index (χ0v) is 5.55. The maximum absolute atomic E-state index is 10.5. The first-order valence-electron chi connectivity index (χ1n) is 2.82. The molecule has 52 valence electrons. The van der Waals surface area contributed by atoms with Crippen molar-refractivity contribution in [3.63, 3.8) is 0 Å². The molecular weight excluding hydrogens is 120 g/mol. The molecule has 0 heterocycles. The first kappa shape index (κ1) is 8.30. The van der Waals surface area contributed by atoms with Gasteiger partial charge >= 0.3 is 0 Å². The molecule has 0 aromatic rings. The van der Waals surface area contributed by atoms with Gasteiger partial charge in [0.25, 0.3) is 0 Å². The molecule has 0 aromatic carbocycles. The van der Waals surface area contributed by atoms with Crippen LogP contribution in [-0.2, 0) is 9.59 Å². The van der Waals surface area contributed by atoms with Crippen LogP contribution in [0, 0.1) is 0 Å². The van der Waals surface area contributed by atoms with E-state index >= 15 is 0 Å². The highest BCUT2D eigenvalue weighted by atomic mass is 16.3. The molecule has 0 radical (unpaired) electrons. The maximum atomic E-state index is 10.5. The minimum atomic E-state index is -1.09. The van der Waals surface area contributed by atoms with Gasteiger partial charge in [-0.2, -0.15) is 0 Å². The van der Waals surface area contributed by atoms with Crippen LogP contribution in [-0.4, -0.2) is 22.8 Å². The van der Waals surface area contributed by atoms with Gasteiger partial charge in [-0.1, -0.05) is 6.92 Å². The van der Waals surface area contributed by atoms with Crippen LogP contribution in [0.5, 0.6) is 0 Å². The normalized spacial score (nSPS) is 12.8. The van der Waals surface area contributed by atoms with E-state index in [9.17, 15) is 9.59 Å². The highest BCUT2D eigenvalue weighted by Crippen LogP contribution is 1.91. The molecule has 3 nitrogen and oxygen atoms in total. The standard InChI is InChI=1S/C6H10O3/c1-3-5(8)6(9)4(2)7/h5,8H,3H2,1-2H3. The smallest absolute Gasteiger partial charge is 0.226 e. The molecule has 0 aliphatic rings. The van der Waals surface area contributed by atoms with Crippen molar-refractivity contribution >= 4 is 11.6 Å². The molecule has 0 saturated heterocycles. The van der Waals surface area contributed by atoms with Gasteiger partial charge in [-0.15, -0.1) is 0 Å². The second-order valence-corrected chi connectivity index (χ2v) is 1.84. The summed E-state index contributed by atoms with van der Waals surface area (Å²) in [6.45, 7) is 2.80. The molecule has 0 fully saturated rings. The largest absolute Gasteiger partial charge is 0.385 e. The van der Waals surface area contributed by atoms with Crippen LogP contribution in [0.15, 0.2) is 0 Å². The van der Waals surface area contributed by atoms with Gasteiger partial charge in [0.2, 0.25) is 5.78 Å². The molecule has 0 aromatic heterocycles. The van der Waals surface area contributed by atoms with Gasteiger partial charge in [0.1, 0.15) is 6.10 Å². The predicted octanol–water partition coefficient (Wildman–Crippen LogP) is -0.0846. The van der Waals surface area contributed by atoms with Crippen molar-refractivity contribution in [1.82, 2.24) is 0 Å². The van der Waals surface area contributed by atoms with Crippen molar-refractivity contribution in [2.75, 3.05) is 0 Å². The lowest BCUT2D eigenvalue weighted by Crippen LogP contribution is -2.25. The lowest BCUT2D eigenvalue weighted by atomic mass is 10.1. The summed E-state index contributed by atoms with van der Waals surface area (Å²) in [5.74, 6) is -1.28. The summed E-state index contributed by atoms with van der Waals surface area (Å²) in [4.78, 5) is 20.7. The Labute approximate surface area is 53.7 Å². The van der Waals surface area contributed by atoms with Crippen LogP contribution >= 0.6 is 0 Å². The average molecular weight is 130 g/mol. The Morgan fingerprint density at radius 2 is 2.00 bits per heavy atom. The van der Waals surface area contributed by atoms with Crippen LogP contribution in [0.25, 0.3) is 0 Å². The predicted molar refractivity (Wildman–Crippen MR) is 32.0 cm³/mol. The molecular formula is C6H10O3. The summed E-state index contributed by atoms with van der Waals surface area (Å²) in [5.41, 5.74) is 0.